The topological polar surface area (TPSA) is 66.8 Å². The van der Waals surface area contributed by atoms with E-state index in [9.17, 15) is 14.7 Å². The smallest absolute Gasteiger partial charge is 0.313 e. The Hall–Kier alpha value is -1.36. The van der Waals surface area contributed by atoms with Crippen molar-refractivity contribution >= 4 is 11.9 Å². The van der Waals surface area contributed by atoms with Crippen molar-refractivity contribution in [3.05, 3.63) is 12.2 Å². The summed E-state index contributed by atoms with van der Waals surface area (Å²) in [6.07, 6.45) is 6.89. The Morgan fingerprint density at radius 1 is 1.42 bits per heavy atom. The molecular formula is C14H21NO4. The molecule has 0 bridgehead atoms. The predicted molar refractivity (Wildman–Crippen MR) is 69.6 cm³/mol. The monoisotopic (exact) mass is 267 g/mol. The van der Waals surface area contributed by atoms with Gasteiger partial charge in [0, 0.05) is 26.1 Å². The maximum absolute atomic E-state index is 12.4. The highest BCUT2D eigenvalue weighted by Gasteiger charge is 2.44. The number of carbonyl (C=O) groups is 2. The van der Waals surface area contributed by atoms with Gasteiger partial charge in [0.25, 0.3) is 0 Å². The molecule has 0 aromatic heterocycles. The fourth-order valence-corrected chi connectivity index (χ4v) is 3.03. The highest BCUT2D eigenvalue weighted by atomic mass is 16.5. The number of carboxylic acids is 1. The number of carbonyl (C=O) groups excluding carboxylic acids is 1. The van der Waals surface area contributed by atoms with Crippen LogP contribution in [-0.2, 0) is 14.3 Å². The lowest BCUT2D eigenvalue weighted by Crippen LogP contribution is -2.53. The van der Waals surface area contributed by atoms with Gasteiger partial charge >= 0.3 is 5.97 Å². The Kier molecular flexibility index (Phi) is 4.24. The van der Waals surface area contributed by atoms with Gasteiger partial charge in [0.1, 0.15) is 5.41 Å². The van der Waals surface area contributed by atoms with E-state index in [2.05, 4.69) is 0 Å². The molecule has 1 fully saturated rings. The summed E-state index contributed by atoms with van der Waals surface area (Å²) in [5, 5.41) is 9.45. The first kappa shape index (κ1) is 14.1. The lowest BCUT2D eigenvalue weighted by Gasteiger charge is -2.40. The largest absolute Gasteiger partial charge is 0.481 e. The minimum absolute atomic E-state index is 0.00661. The highest BCUT2D eigenvalue weighted by molar-refractivity contribution is 5.82. The molecule has 1 aliphatic heterocycles. The second kappa shape index (κ2) is 5.74. The van der Waals surface area contributed by atoms with Gasteiger partial charge in [0.05, 0.1) is 6.61 Å². The molecule has 19 heavy (non-hydrogen) atoms. The summed E-state index contributed by atoms with van der Waals surface area (Å²) in [7, 11) is 1.51. The van der Waals surface area contributed by atoms with Crippen molar-refractivity contribution in [2.45, 2.75) is 25.7 Å². The van der Waals surface area contributed by atoms with Gasteiger partial charge in [-0.05, 0) is 25.7 Å². The molecule has 5 nitrogen and oxygen atoms in total. The lowest BCUT2D eigenvalue weighted by molar-refractivity contribution is -0.159. The molecule has 2 rings (SSSR count). The minimum atomic E-state index is -0.936. The summed E-state index contributed by atoms with van der Waals surface area (Å²) >= 11 is 0. The Balaban J connectivity index is 2.06. The summed E-state index contributed by atoms with van der Waals surface area (Å²) < 4.78 is 5.07. The van der Waals surface area contributed by atoms with Crippen molar-refractivity contribution < 1.29 is 19.4 Å². The number of aliphatic carboxylic acids is 1. The van der Waals surface area contributed by atoms with E-state index in [1.807, 2.05) is 12.2 Å². The number of hydrogen-bond acceptors (Lipinski definition) is 3. The molecule has 1 saturated heterocycles. The van der Waals surface area contributed by atoms with Crippen LogP contribution in [0, 0.1) is 11.3 Å². The summed E-state index contributed by atoms with van der Waals surface area (Å²) in [6.45, 7) is 1.09. The second-order valence-corrected chi connectivity index (χ2v) is 5.52. The summed E-state index contributed by atoms with van der Waals surface area (Å²) in [5.41, 5.74) is -0.936. The van der Waals surface area contributed by atoms with Crippen LogP contribution >= 0.6 is 0 Å². The molecule has 1 unspecified atom stereocenters. The van der Waals surface area contributed by atoms with E-state index in [0.717, 1.165) is 19.3 Å². The Morgan fingerprint density at radius 2 is 2.11 bits per heavy atom. The number of ether oxygens (including phenoxy) is 1. The average Bonchev–Trinajstić information content (AvgIpc) is 2.92. The molecule has 0 aromatic rings. The van der Waals surface area contributed by atoms with Gasteiger partial charge in [-0.25, -0.2) is 0 Å². The maximum Gasteiger partial charge on any atom is 0.313 e. The molecule has 1 N–H and O–H groups in total. The molecule has 0 aromatic carbocycles. The van der Waals surface area contributed by atoms with Gasteiger partial charge in [-0.1, -0.05) is 12.2 Å². The molecule has 1 heterocycles. The van der Waals surface area contributed by atoms with E-state index in [1.54, 1.807) is 4.90 Å². The molecule has 0 spiro atoms. The van der Waals surface area contributed by atoms with Crippen molar-refractivity contribution in [1.29, 1.82) is 0 Å². The number of carboxylic acid groups (broad SMARTS) is 1. The van der Waals surface area contributed by atoms with Crippen LogP contribution in [0.2, 0.25) is 0 Å². The molecule has 5 heteroatoms. The Bertz CT molecular complexity index is 381. The fourth-order valence-electron chi connectivity index (χ4n) is 3.03. The predicted octanol–water partition coefficient (Wildman–Crippen LogP) is 1.29. The summed E-state index contributed by atoms with van der Waals surface area (Å²) in [5.74, 6) is -0.769. The average molecular weight is 267 g/mol. The van der Waals surface area contributed by atoms with E-state index in [-0.39, 0.29) is 25.0 Å². The van der Waals surface area contributed by atoms with Crippen LogP contribution in [0.1, 0.15) is 25.7 Å². The number of nitrogens with zero attached hydrogens (tertiary/aromatic N) is 1. The third-order valence-corrected chi connectivity index (χ3v) is 4.12. The fraction of sp³-hybridized carbons (Fsp3) is 0.714. The summed E-state index contributed by atoms with van der Waals surface area (Å²) in [6, 6.07) is 0. The van der Waals surface area contributed by atoms with Crippen LogP contribution < -0.4 is 0 Å². The van der Waals surface area contributed by atoms with Crippen LogP contribution in [0.5, 0.6) is 0 Å². The van der Waals surface area contributed by atoms with Gasteiger partial charge in [-0.15, -0.1) is 0 Å². The third kappa shape index (κ3) is 2.81. The van der Waals surface area contributed by atoms with Gasteiger partial charge in [0.2, 0.25) is 5.91 Å². The van der Waals surface area contributed by atoms with Crippen molar-refractivity contribution in [3.8, 4) is 0 Å². The number of likely N-dealkylation sites (tertiary alicyclic amines) is 1. The molecule has 2 aliphatic rings. The SMILES string of the molecule is COCC1(C(=O)O)CCCN(C(=O)C2CC=CC2)C1. The highest BCUT2D eigenvalue weighted by Crippen LogP contribution is 2.32. The van der Waals surface area contributed by atoms with E-state index in [4.69, 9.17) is 4.74 Å². The number of rotatable bonds is 4. The zero-order chi connectivity index (χ0) is 13.9. The van der Waals surface area contributed by atoms with Gasteiger partial charge in [-0.3, -0.25) is 9.59 Å². The quantitative estimate of drug-likeness (QED) is 0.779. The zero-order valence-corrected chi connectivity index (χ0v) is 11.3. The first-order valence-electron chi connectivity index (χ1n) is 6.75. The van der Waals surface area contributed by atoms with Crippen LogP contribution in [0.3, 0.4) is 0 Å². The van der Waals surface area contributed by atoms with Crippen molar-refractivity contribution in [2.75, 3.05) is 26.8 Å². The molecule has 1 aliphatic carbocycles. The molecule has 1 amide bonds. The van der Waals surface area contributed by atoms with Crippen molar-refractivity contribution in [2.24, 2.45) is 11.3 Å². The number of piperidine rings is 1. The minimum Gasteiger partial charge on any atom is -0.481 e. The number of amides is 1. The third-order valence-electron chi connectivity index (χ3n) is 4.12. The van der Waals surface area contributed by atoms with Crippen molar-refractivity contribution in [1.82, 2.24) is 4.90 Å². The van der Waals surface area contributed by atoms with E-state index in [0.29, 0.717) is 13.0 Å². The first-order valence-corrected chi connectivity index (χ1v) is 6.75. The number of allylic oxidation sites excluding steroid dienone is 2. The normalized spacial score (nSPS) is 27.7. The number of hydrogen-bond donors (Lipinski definition) is 1. The van der Waals surface area contributed by atoms with Crippen molar-refractivity contribution in [3.63, 3.8) is 0 Å². The van der Waals surface area contributed by atoms with Crippen LogP contribution in [0.15, 0.2) is 12.2 Å². The molecule has 0 saturated carbocycles. The Labute approximate surface area is 113 Å². The lowest BCUT2D eigenvalue weighted by atomic mass is 9.80. The second-order valence-electron chi connectivity index (χ2n) is 5.52. The van der Waals surface area contributed by atoms with E-state index < -0.39 is 11.4 Å². The van der Waals surface area contributed by atoms with Gasteiger partial charge < -0.3 is 14.7 Å². The maximum atomic E-state index is 12.4. The van der Waals surface area contributed by atoms with Gasteiger partial charge in [-0.2, -0.15) is 0 Å². The van der Waals surface area contributed by atoms with E-state index >= 15 is 0 Å². The molecule has 1 atom stereocenters. The first-order chi connectivity index (χ1) is 9.09. The standard InChI is InChI=1S/C14H21NO4/c1-19-10-14(13(17)18)7-4-8-15(9-14)12(16)11-5-2-3-6-11/h2-3,11H,4-10H2,1H3,(H,17,18). The summed E-state index contributed by atoms with van der Waals surface area (Å²) in [4.78, 5) is 25.6. The zero-order valence-electron chi connectivity index (χ0n) is 11.3. The van der Waals surface area contributed by atoms with Crippen LogP contribution in [0.25, 0.3) is 0 Å². The van der Waals surface area contributed by atoms with E-state index in [1.165, 1.54) is 7.11 Å². The number of methoxy groups -OCH3 is 1. The van der Waals surface area contributed by atoms with Gasteiger partial charge in [0.15, 0.2) is 0 Å². The van der Waals surface area contributed by atoms with Crippen LogP contribution in [-0.4, -0.2) is 48.7 Å². The molecule has 106 valence electrons. The molecular weight excluding hydrogens is 246 g/mol. The molecule has 0 radical (unpaired) electrons. The van der Waals surface area contributed by atoms with Crippen LogP contribution in [0.4, 0.5) is 0 Å². The Morgan fingerprint density at radius 3 is 2.68 bits per heavy atom.